The molecule has 10 heteroatoms. The van der Waals surface area contributed by atoms with Gasteiger partial charge < -0.3 is 28.4 Å². The number of hydrogen-bond donors (Lipinski definition) is 0. The maximum Gasteiger partial charge on any atom is 0.377 e. The van der Waals surface area contributed by atoms with Crippen LogP contribution in [0.3, 0.4) is 0 Å². The van der Waals surface area contributed by atoms with Gasteiger partial charge in [0.1, 0.15) is 5.60 Å². The second-order valence-corrected chi connectivity index (χ2v) is 9.61. The molecule has 0 aromatic rings. The Bertz CT molecular complexity index is 751. The van der Waals surface area contributed by atoms with Crippen molar-refractivity contribution < 1.29 is 46.8 Å². The van der Waals surface area contributed by atoms with Crippen LogP contribution in [0.25, 0.3) is 0 Å². The normalized spacial score (nSPS) is 46.3. The Morgan fingerprint density at radius 3 is 2.52 bits per heavy atom. The van der Waals surface area contributed by atoms with Crippen molar-refractivity contribution in [1.29, 1.82) is 0 Å². The lowest BCUT2D eigenvalue weighted by Gasteiger charge is -2.62. The van der Waals surface area contributed by atoms with Crippen molar-refractivity contribution in [3.05, 3.63) is 0 Å². The van der Waals surface area contributed by atoms with E-state index in [0.717, 1.165) is 12.8 Å². The van der Waals surface area contributed by atoms with E-state index in [9.17, 15) is 18.4 Å². The first kappa shape index (κ1) is 21.5. The largest absolute Gasteiger partial charge is 0.455 e. The van der Waals surface area contributed by atoms with E-state index in [1.165, 1.54) is 0 Å². The Labute approximate surface area is 178 Å². The molecule has 0 amide bonds. The van der Waals surface area contributed by atoms with Crippen molar-refractivity contribution in [3.8, 4) is 0 Å². The summed E-state index contributed by atoms with van der Waals surface area (Å²) in [6.07, 6.45) is -0.274. The number of carbonyl (C=O) groups is 2. The zero-order chi connectivity index (χ0) is 22.2. The molecule has 1 spiro atoms. The zero-order valence-corrected chi connectivity index (χ0v) is 17.8. The van der Waals surface area contributed by atoms with Gasteiger partial charge in [-0.1, -0.05) is 0 Å². The van der Waals surface area contributed by atoms with Crippen LogP contribution in [0.15, 0.2) is 0 Å². The van der Waals surface area contributed by atoms with Gasteiger partial charge in [0.25, 0.3) is 0 Å². The highest BCUT2D eigenvalue weighted by Crippen LogP contribution is 2.65. The lowest BCUT2D eigenvalue weighted by atomic mass is 9.51. The molecule has 2 aliphatic heterocycles. The number of ether oxygens (including phenoxy) is 6. The number of hydrogen-bond acceptors (Lipinski definition) is 8. The number of rotatable bonds is 6. The standard InChI is InChI=1S/C21H28F2O8/c1-4-26-10(2)27-14-15-17(28-16(14)24)30-21(29-15)12-5-11-6-13(21)9-20(7-11,8-12)31-18(25)19(3,22)23/h10-15,17H,4-9H2,1-3H3. The summed E-state index contributed by atoms with van der Waals surface area (Å²) in [5, 5.41) is 0. The molecule has 6 unspecified atom stereocenters. The van der Waals surface area contributed by atoms with Gasteiger partial charge in [-0.05, 0) is 51.9 Å². The van der Waals surface area contributed by atoms with Crippen molar-refractivity contribution in [2.45, 2.75) is 95.0 Å². The SMILES string of the molecule is CCOC(C)OC1C(=O)OC2OC3(OC21)C1CC2CC3CC(OC(=O)C(C)(F)F)(C2)C1. The lowest BCUT2D eigenvalue weighted by molar-refractivity contribution is -0.339. The fourth-order valence-electron chi connectivity index (χ4n) is 6.42. The molecule has 0 N–H and O–H groups in total. The van der Waals surface area contributed by atoms with Gasteiger partial charge >= 0.3 is 17.9 Å². The van der Waals surface area contributed by atoms with E-state index in [1.54, 1.807) is 6.92 Å². The number of fused-ring (bicyclic) bond motifs is 1. The molecule has 6 fully saturated rings. The van der Waals surface area contributed by atoms with Gasteiger partial charge in [0, 0.05) is 25.4 Å². The fraction of sp³-hybridized carbons (Fsp3) is 0.905. The highest BCUT2D eigenvalue weighted by Gasteiger charge is 2.72. The molecule has 6 aliphatic rings. The predicted octanol–water partition coefficient (Wildman–Crippen LogP) is 2.53. The van der Waals surface area contributed by atoms with E-state index in [2.05, 4.69) is 0 Å². The summed E-state index contributed by atoms with van der Waals surface area (Å²) in [4.78, 5) is 24.2. The van der Waals surface area contributed by atoms with Crippen LogP contribution in [-0.2, 0) is 38.0 Å². The van der Waals surface area contributed by atoms with Crippen molar-refractivity contribution in [3.63, 3.8) is 0 Å². The van der Waals surface area contributed by atoms with E-state index in [0.29, 0.717) is 32.8 Å². The fourth-order valence-corrected chi connectivity index (χ4v) is 6.42. The van der Waals surface area contributed by atoms with Gasteiger partial charge in [-0.25, -0.2) is 9.59 Å². The van der Waals surface area contributed by atoms with Gasteiger partial charge in [0.2, 0.25) is 6.29 Å². The quantitative estimate of drug-likeness (QED) is 0.454. The van der Waals surface area contributed by atoms with Gasteiger partial charge in [-0.2, -0.15) is 8.78 Å². The summed E-state index contributed by atoms with van der Waals surface area (Å²) in [6.45, 7) is 4.51. The molecule has 6 atom stereocenters. The lowest BCUT2D eigenvalue weighted by Crippen LogP contribution is -2.66. The molecule has 8 nitrogen and oxygen atoms in total. The Hall–Kier alpha value is -1.36. The summed E-state index contributed by atoms with van der Waals surface area (Å²) in [6, 6.07) is 0. The minimum Gasteiger partial charge on any atom is -0.455 e. The second kappa shape index (κ2) is 7.07. The predicted molar refractivity (Wildman–Crippen MR) is 97.5 cm³/mol. The highest BCUT2D eigenvalue weighted by molar-refractivity contribution is 5.78. The van der Waals surface area contributed by atoms with Crippen molar-refractivity contribution in [2.24, 2.45) is 17.8 Å². The molecule has 4 saturated carbocycles. The van der Waals surface area contributed by atoms with Crippen molar-refractivity contribution in [1.82, 2.24) is 0 Å². The van der Waals surface area contributed by atoms with Gasteiger partial charge in [0.15, 0.2) is 24.3 Å². The monoisotopic (exact) mass is 446 g/mol. The van der Waals surface area contributed by atoms with Crippen LogP contribution >= 0.6 is 0 Å². The van der Waals surface area contributed by atoms with Crippen LogP contribution in [0.1, 0.15) is 52.9 Å². The van der Waals surface area contributed by atoms with Crippen LogP contribution in [0, 0.1) is 17.8 Å². The Morgan fingerprint density at radius 2 is 1.90 bits per heavy atom. The molecule has 2 saturated heterocycles. The first-order valence-electron chi connectivity index (χ1n) is 11.0. The highest BCUT2D eigenvalue weighted by atomic mass is 19.3. The van der Waals surface area contributed by atoms with E-state index in [-0.39, 0.29) is 17.8 Å². The zero-order valence-electron chi connectivity index (χ0n) is 17.8. The number of esters is 2. The minimum atomic E-state index is -3.53. The molecule has 6 rings (SSSR count). The Balaban J connectivity index is 1.34. The molecular weight excluding hydrogens is 418 g/mol. The topological polar surface area (TPSA) is 89.5 Å². The number of alkyl halides is 2. The molecule has 4 bridgehead atoms. The summed E-state index contributed by atoms with van der Waals surface area (Å²) in [5.74, 6) is -6.61. The third-order valence-corrected chi connectivity index (χ3v) is 7.33. The average Bonchev–Trinajstić information content (AvgIpc) is 3.15. The molecule has 31 heavy (non-hydrogen) atoms. The van der Waals surface area contributed by atoms with Crippen molar-refractivity contribution >= 4 is 11.9 Å². The third kappa shape index (κ3) is 3.37. The number of halogens is 2. The molecule has 0 radical (unpaired) electrons. The Kier molecular flexibility index (Phi) is 4.90. The summed E-state index contributed by atoms with van der Waals surface area (Å²) in [7, 11) is 0. The average molecular weight is 446 g/mol. The van der Waals surface area contributed by atoms with Crippen LogP contribution < -0.4 is 0 Å². The van der Waals surface area contributed by atoms with E-state index in [4.69, 9.17) is 28.4 Å². The Morgan fingerprint density at radius 1 is 1.23 bits per heavy atom. The van der Waals surface area contributed by atoms with Gasteiger partial charge in [-0.3, -0.25) is 0 Å². The third-order valence-electron chi connectivity index (χ3n) is 7.33. The second-order valence-electron chi connectivity index (χ2n) is 9.61. The molecular formula is C21H28F2O8. The molecule has 2 heterocycles. The number of carbonyl (C=O) groups excluding carboxylic acids is 2. The van der Waals surface area contributed by atoms with E-state index < -0.39 is 54.0 Å². The maximum atomic E-state index is 13.5. The molecule has 174 valence electrons. The first-order chi connectivity index (χ1) is 14.6. The molecule has 0 aromatic heterocycles. The van der Waals surface area contributed by atoms with Crippen LogP contribution in [-0.4, -0.2) is 60.6 Å². The first-order valence-corrected chi connectivity index (χ1v) is 11.0. The summed E-state index contributed by atoms with van der Waals surface area (Å²) >= 11 is 0. The molecule has 4 aliphatic carbocycles. The van der Waals surface area contributed by atoms with Crippen LogP contribution in [0.5, 0.6) is 0 Å². The minimum absolute atomic E-state index is 0.147. The van der Waals surface area contributed by atoms with E-state index in [1.807, 2.05) is 6.92 Å². The summed E-state index contributed by atoms with van der Waals surface area (Å²) in [5.41, 5.74) is -0.918. The van der Waals surface area contributed by atoms with Crippen molar-refractivity contribution in [2.75, 3.05) is 6.61 Å². The van der Waals surface area contributed by atoms with Crippen LogP contribution in [0.4, 0.5) is 8.78 Å². The maximum absolute atomic E-state index is 13.5. The smallest absolute Gasteiger partial charge is 0.377 e. The van der Waals surface area contributed by atoms with Crippen LogP contribution in [0.2, 0.25) is 0 Å². The van der Waals surface area contributed by atoms with E-state index >= 15 is 0 Å². The molecule has 0 aromatic carbocycles. The van der Waals surface area contributed by atoms with Gasteiger partial charge in [0.05, 0.1) is 0 Å². The summed E-state index contributed by atoms with van der Waals surface area (Å²) < 4.78 is 61.5. The van der Waals surface area contributed by atoms with Gasteiger partial charge in [-0.15, -0.1) is 0 Å².